The molecular formula is C19H20BrN3O6S. The molecule has 0 bridgehead atoms. The molecule has 1 heterocycles. The van der Waals surface area contributed by atoms with Gasteiger partial charge in [0, 0.05) is 12.1 Å². The Kier molecular flexibility index (Phi) is 6.64. The summed E-state index contributed by atoms with van der Waals surface area (Å²) in [4.78, 5) is 25.5. The quantitative estimate of drug-likeness (QED) is 0.623. The molecule has 1 aliphatic rings. The predicted octanol–water partition coefficient (Wildman–Crippen LogP) is 1.58. The van der Waals surface area contributed by atoms with Crippen LogP contribution >= 0.6 is 15.9 Å². The number of ether oxygens (including phenoxy) is 2. The minimum Gasteiger partial charge on any atom is -0.496 e. The standard InChI is InChI=1S/C19H20BrN3O6S/c1-28-16-6-5-13(10-15(16)20)22-30(26,27)14-4-2-3-12(9-14)19(25)23-7-8-29-17(11-23)18(21)24/h2-6,9-10,17,22H,7-8,11H2,1H3,(H2,21,24). The third kappa shape index (κ3) is 4.91. The SMILES string of the molecule is COc1ccc(NS(=O)(=O)c2cccc(C(=O)N3CCOC(C(N)=O)C3)c2)cc1Br. The van der Waals surface area contributed by atoms with E-state index in [1.54, 1.807) is 18.2 Å². The third-order valence-corrected chi connectivity index (χ3v) is 6.46. The molecule has 0 radical (unpaired) electrons. The maximum absolute atomic E-state index is 12.8. The second kappa shape index (κ2) is 9.02. The summed E-state index contributed by atoms with van der Waals surface area (Å²) in [5, 5.41) is 0. The van der Waals surface area contributed by atoms with E-state index in [4.69, 9.17) is 15.2 Å². The number of methoxy groups -OCH3 is 1. The molecule has 160 valence electrons. The summed E-state index contributed by atoms with van der Waals surface area (Å²) in [6, 6.07) is 10.4. The number of nitrogens with one attached hydrogen (secondary N) is 1. The van der Waals surface area contributed by atoms with Gasteiger partial charge in [-0.15, -0.1) is 0 Å². The fraction of sp³-hybridized carbons (Fsp3) is 0.263. The largest absolute Gasteiger partial charge is 0.496 e. The summed E-state index contributed by atoms with van der Waals surface area (Å²) in [6.07, 6.45) is -0.884. The zero-order chi connectivity index (χ0) is 21.9. The van der Waals surface area contributed by atoms with E-state index >= 15 is 0 Å². The van der Waals surface area contributed by atoms with Gasteiger partial charge in [-0.1, -0.05) is 6.07 Å². The van der Waals surface area contributed by atoms with E-state index in [0.29, 0.717) is 15.9 Å². The Labute approximate surface area is 182 Å². The molecule has 0 spiro atoms. The first-order valence-electron chi connectivity index (χ1n) is 8.88. The molecule has 0 saturated carbocycles. The minimum atomic E-state index is -3.94. The van der Waals surface area contributed by atoms with Crippen molar-refractivity contribution in [3.05, 3.63) is 52.5 Å². The van der Waals surface area contributed by atoms with Crippen LogP contribution in [0.4, 0.5) is 5.69 Å². The van der Waals surface area contributed by atoms with Gasteiger partial charge in [0.05, 0.1) is 35.3 Å². The van der Waals surface area contributed by atoms with Crippen LogP contribution in [0.3, 0.4) is 0 Å². The Balaban J connectivity index is 1.80. The lowest BCUT2D eigenvalue weighted by molar-refractivity contribution is -0.133. The van der Waals surface area contributed by atoms with E-state index in [1.165, 1.54) is 36.3 Å². The number of carbonyl (C=O) groups is 2. The molecule has 2 amide bonds. The fourth-order valence-corrected chi connectivity index (χ4v) is 4.56. The van der Waals surface area contributed by atoms with E-state index in [0.717, 1.165) is 0 Å². The van der Waals surface area contributed by atoms with Crippen molar-refractivity contribution >= 4 is 43.5 Å². The summed E-state index contributed by atoms with van der Waals surface area (Å²) in [7, 11) is -2.44. The molecule has 0 aromatic heterocycles. The van der Waals surface area contributed by atoms with E-state index < -0.39 is 27.9 Å². The van der Waals surface area contributed by atoms with Gasteiger partial charge < -0.3 is 20.1 Å². The van der Waals surface area contributed by atoms with Gasteiger partial charge in [0.2, 0.25) is 5.91 Å². The molecule has 1 fully saturated rings. The highest BCUT2D eigenvalue weighted by molar-refractivity contribution is 9.10. The van der Waals surface area contributed by atoms with E-state index in [-0.39, 0.29) is 30.2 Å². The molecule has 30 heavy (non-hydrogen) atoms. The van der Waals surface area contributed by atoms with Gasteiger partial charge >= 0.3 is 0 Å². The summed E-state index contributed by atoms with van der Waals surface area (Å²) < 4.78 is 39.0. The van der Waals surface area contributed by atoms with Crippen LogP contribution in [0.15, 0.2) is 51.8 Å². The molecule has 1 unspecified atom stereocenters. The van der Waals surface area contributed by atoms with Gasteiger partial charge in [-0.3, -0.25) is 14.3 Å². The molecule has 1 aliphatic heterocycles. The summed E-state index contributed by atoms with van der Waals surface area (Å²) in [6.45, 7) is 0.465. The summed E-state index contributed by atoms with van der Waals surface area (Å²) in [5.74, 6) is -0.502. The van der Waals surface area contributed by atoms with Gasteiger partial charge in [0.15, 0.2) is 6.10 Å². The molecule has 2 aromatic rings. The molecular weight excluding hydrogens is 478 g/mol. The number of nitrogens with two attached hydrogens (primary N) is 1. The molecule has 1 saturated heterocycles. The number of hydrogen-bond acceptors (Lipinski definition) is 6. The minimum absolute atomic E-state index is 0.0171. The highest BCUT2D eigenvalue weighted by atomic mass is 79.9. The Morgan fingerprint density at radius 1 is 1.27 bits per heavy atom. The number of sulfonamides is 1. The van der Waals surface area contributed by atoms with Gasteiger partial charge in [-0.2, -0.15) is 0 Å². The zero-order valence-corrected chi connectivity index (χ0v) is 18.4. The highest BCUT2D eigenvalue weighted by Crippen LogP contribution is 2.29. The van der Waals surface area contributed by atoms with E-state index in [9.17, 15) is 18.0 Å². The first-order chi connectivity index (χ1) is 14.2. The van der Waals surface area contributed by atoms with Crippen LogP contribution in [0.5, 0.6) is 5.75 Å². The van der Waals surface area contributed by atoms with Crippen molar-refractivity contribution < 1.29 is 27.5 Å². The number of hydrogen-bond donors (Lipinski definition) is 2. The first kappa shape index (κ1) is 22.1. The van der Waals surface area contributed by atoms with Crippen LogP contribution in [-0.4, -0.2) is 58.0 Å². The second-order valence-corrected chi connectivity index (χ2v) is 9.03. The van der Waals surface area contributed by atoms with Crippen LogP contribution in [0, 0.1) is 0 Å². The number of amides is 2. The van der Waals surface area contributed by atoms with Crippen molar-refractivity contribution in [1.82, 2.24) is 4.90 Å². The number of carbonyl (C=O) groups excluding carboxylic acids is 2. The lowest BCUT2D eigenvalue weighted by Crippen LogP contribution is -2.50. The normalized spacial score (nSPS) is 16.7. The van der Waals surface area contributed by atoms with Crippen LogP contribution < -0.4 is 15.2 Å². The smallest absolute Gasteiger partial charge is 0.261 e. The van der Waals surface area contributed by atoms with Crippen molar-refractivity contribution in [3.8, 4) is 5.75 Å². The van der Waals surface area contributed by atoms with Crippen molar-refractivity contribution in [3.63, 3.8) is 0 Å². The van der Waals surface area contributed by atoms with Crippen LogP contribution in [0.2, 0.25) is 0 Å². The van der Waals surface area contributed by atoms with Gasteiger partial charge in [-0.25, -0.2) is 8.42 Å². The second-order valence-electron chi connectivity index (χ2n) is 6.50. The van der Waals surface area contributed by atoms with Crippen LogP contribution in [0.25, 0.3) is 0 Å². The van der Waals surface area contributed by atoms with E-state index in [1.807, 2.05) is 0 Å². The maximum Gasteiger partial charge on any atom is 0.261 e. The molecule has 11 heteroatoms. The Morgan fingerprint density at radius 2 is 2.03 bits per heavy atom. The molecule has 2 aromatic carbocycles. The number of benzene rings is 2. The summed E-state index contributed by atoms with van der Waals surface area (Å²) >= 11 is 3.31. The lowest BCUT2D eigenvalue weighted by Gasteiger charge is -2.31. The van der Waals surface area contributed by atoms with Gasteiger partial charge in [0.25, 0.3) is 15.9 Å². The molecule has 3 rings (SSSR count). The number of rotatable bonds is 6. The average molecular weight is 498 g/mol. The van der Waals surface area contributed by atoms with Gasteiger partial charge in [-0.05, 0) is 52.3 Å². The zero-order valence-electron chi connectivity index (χ0n) is 16.0. The Morgan fingerprint density at radius 3 is 2.70 bits per heavy atom. The molecule has 9 nitrogen and oxygen atoms in total. The number of primary amides is 1. The summed E-state index contributed by atoms with van der Waals surface area (Å²) in [5.41, 5.74) is 5.76. The van der Waals surface area contributed by atoms with Crippen molar-refractivity contribution in [1.29, 1.82) is 0 Å². The van der Waals surface area contributed by atoms with Crippen LogP contribution in [0.1, 0.15) is 10.4 Å². The van der Waals surface area contributed by atoms with Crippen molar-refractivity contribution in [2.45, 2.75) is 11.0 Å². The van der Waals surface area contributed by atoms with Crippen molar-refractivity contribution in [2.24, 2.45) is 5.73 Å². The molecule has 3 N–H and O–H groups in total. The molecule has 0 aliphatic carbocycles. The maximum atomic E-state index is 12.8. The number of halogens is 1. The van der Waals surface area contributed by atoms with E-state index in [2.05, 4.69) is 20.7 Å². The predicted molar refractivity (Wildman–Crippen MR) is 113 cm³/mol. The number of anilines is 1. The lowest BCUT2D eigenvalue weighted by atomic mass is 10.1. The first-order valence-corrected chi connectivity index (χ1v) is 11.2. The van der Waals surface area contributed by atoms with Gasteiger partial charge in [0.1, 0.15) is 5.75 Å². The number of morpholine rings is 1. The monoisotopic (exact) mass is 497 g/mol. The Hall–Kier alpha value is -2.63. The highest BCUT2D eigenvalue weighted by Gasteiger charge is 2.29. The third-order valence-electron chi connectivity index (χ3n) is 4.47. The molecule has 1 atom stereocenters. The fourth-order valence-electron chi connectivity index (χ4n) is 2.93. The number of nitrogens with zero attached hydrogens (tertiary/aromatic N) is 1. The average Bonchev–Trinajstić information content (AvgIpc) is 2.73. The van der Waals surface area contributed by atoms with Crippen molar-refractivity contribution in [2.75, 3.05) is 31.5 Å². The Bertz CT molecular complexity index is 1080. The van der Waals surface area contributed by atoms with Crippen LogP contribution in [-0.2, 0) is 19.6 Å². The topological polar surface area (TPSA) is 128 Å².